The third-order valence-corrected chi connectivity index (χ3v) is 2.73. The van der Waals surface area contributed by atoms with Gasteiger partial charge in [-0.2, -0.15) is 0 Å². The van der Waals surface area contributed by atoms with Crippen molar-refractivity contribution in [3.63, 3.8) is 0 Å². The van der Waals surface area contributed by atoms with Crippen LogP contribution in [0.5, 0.6) is 0 Å². The lowest BCUT2D eigenvalue weighted by Gasteiger charge is -2.21. The van der Waals surface area contributed by atoms with Crippen LogP contribution in [0.2, 0.25) is 0 Å². The molecule has 0 aromatic heterocycles. The number of aliphatic hydroxyl groups is 1. The molecule has 3 nitrogen and oxygen atoms in total. The topological polar surface area (TPSA) is 40.5 Å². The Morgan fingerprint density at radius 2 is 2.00 bits per heavy atom. The maximum atomic E-state index is 13.6. The van der Waals surface area contributed by atoms with Gasteiger partial charge >= 0.3 is 0 Å². The summed E-state index contributed by atoms with van der Waals surface area (Å²) in [5.41, 5.74) is 0.103. The zero-order valence-electron chi connectivity index (χ0n) is 10.5. The van der Waals surface area contributed by atoms with Gasteiger partial charge in [-0.05, 0) is 31.9 Å². The van der Waals surface area contributed by atoms with Gasteiger partial charge in [-0.15, -0.1) is 0 Å². The van der Waals surface area contributed by atoms with Crippen molar-refractivity contribution in [3.05, 3.63) is 34.9 Å². The van der Waals surface area contributed by atoms with Crippen molar-refractivity contribution < 1.29 is 18.7 Å². The van der Waals surface area contributed by atoms with Crippen molar-refractivity contribution in [2.75, 3.05) is 19.7 Å². The fourth-order valence-electron chi connectivity index (χ4n) is 1.66. The van der Waals surface area contributed by atoms with Crippen LogP contribution in [0.3, 0.4) is 0 Å². The van der Waals surface area contributed by atoms with Gasteiger partial charge in [-0.3, -0.25) is 4.79 Å². The van der Waals surface area contributed by atoms with Gasteiger partial charge in [-0.25, -0.2) is 8.78 Å². The first-order chi connectivity index (χ1) is 8.51. The number of carbonyl (C=O) groups excluding carboxylic acids is 1. The molecule has 1 N–H and O–H groups in total. The number of hydrogen-bond acceptors (Lipinski definition) is 2. The molecule has 18 heavy (non-hydrogen) atoms. The smallest absolute Gasteiger partial charge is 0.256 e. The molecule has 100 valence electrons. The third-order valence-electron chi connectivity index (χ3n) is 2.73. The third kappa shape index (κ3) is 3.26. The first kappa shape index (κ1) is 14.6. The van der Waals surface area contributed by atoms with Crippen molar-refractivity contribution in [2.45, 2.75) is 20.3 Å². The second kappa shape index (κ2) is 6.44. The summed E-state index contributed by atoms with van der Waals surface area (Å²) in [7, 11) is 0. The van der Waals surface area contributed by atoms with Crippen LogP contribution in [-0.2, 0) is 0 Å². The van der Waals surface area contributed by atoms with E-state index in [0.717, 1.165) is 6.07 Å². The molecular formula is C13H17F2NO2. The van der Waals surface area contributed by atoms with E-state index in [1.165, 1.54) is 17.9 Å². The van der Waals surface area contributed by atoms with Gasteiger partial charge < -0.3 is 10.0 Å². The molecule has 0 saturated carbocycles. The molecule has 0 aliphatic rings. The number of aliphatic hydroxyl groups excluding tert-OH is 1. The number of amides is 1. The van der Waals surface area contributed by atoms with Crippen LogP contribution in [0.1, 0.15) is 29.3 Å². The second-order valence-electron chi connectivity index (χ2n) is 4.04. The van der Waals surface area contributed by atoms with Crippen molar-refractivity contribution in [3.8, 4) is 0 Å². The van der Waals surface area contributed by atoms with E-state index in [0.29, 0.717) is 19.5 Å². The molecule has 5 heteroatoms. The van der Waals surface area contributed by atoms with Crippen molar-refractivity contribution in [2.24, 2.45) is 0 Å². The molecule has 1 rings (SSSR count). The zero-order valence-corrected chi connectivity index (χ0v) is 10.5. The van der Waals surface area contributed by atoms with E-state index in [9.17, 15) is 13.6 Å². The van der Waals surface area contributed by atoms with Gasteiger partial charge in [0.1, 0.15) is 11.6 Å². The van der Waals surface area contributed by atoms with E-state index in [-0.39, 0.29) is 17.7 Å². The number of aryl methyl sites for hydroxylation is 1. The van der Waals surface area contributed by atoms with Crippen LogP contribution >= 0.6 is 0 Å². The molecule has 0 spiro atoms. The van der Waals surface area contributed by atoms with Gasteiger partial charge in [0.05, 0.1) is 5.56 Å². The summed E-state index contributed by atoms with van der Waals surface area (Å²) in [6.07, 6.45) is 0.432. The van der Waals surface area contributed by atoms with Crippen LogP contribution in [0.25, 0.3) is 0 Å². The first-order valence-corrected chi connectivity index (χ1v) is 5.87. The predicted molar refractivity (Wildman–Crippen MR) is 64.4 cm³/mol. The van der Waals surface area contributed by atoms with E-state index in [2.05, 4.69) is 0 Å². The average molecular weight is 257 g/mol. The largest absolute Gasteiger partial charge is 0.396 e. The Bertz CT molecular complexity index is 435. The first-order valence-electron chi connectivity index (χ1n) is 5.87. The molecule has 0 radical (unpaired) electrons. The van der Waals surface area contributed by atoms with Gasteiger partial charge in [0.15, 0.2) is 0 Å². The second-order valence-corrected chi connectivity index (χ2v) is 4.04. The van der Waals surface area contributed by atoms with E-state index in [1.54, 1.807) is 6.92 Å². The molecule has 0 heterocycles. The normalized spacial score (nSPS) is 10.5. The van der Waals surface area contributed by atoms with Crippen molar-refractivity contribution >= 4 is 5.91 Å². The minimum atomic E-state index is -0.856. The molecule has 0 aliphatic carbocycles. The number of carbonyl (C=O) groups is 1. The van der Waals surface area contributed by atoms with Crippen LogP contribution in [0.15, 0.2) is 12.1 Å². The highest BCUT2D eigenvalue weighted by Crippen LogP contribution is 2.16. The minimum Gasteiger partial charge on any atom is -0.396 e. The van der Waals surface area contributed by atoms with E-state index >= 15 is 0 Å². The highest BCUT2D eigenvalue weighted by Gasteiger charge is 2.19. The summed E-state index contributed by atoms with van der Waals surface area (Å²) < 4.78 is 26.7. The van der Waals surface area contributed by atoms with E-state index < -0.39 is 17.5 Å². The van der Waals surface area contributed by atoms with Crippen LogP contribution in [0, 0.1) is 18.6 Å². The fourth-order valence-corrected chi connectivity index (χ4v) is 1.66. The van der Waals surface area contributed by atoms with Gasteiger partial charge in [0, 0.05) is 25.8 Å². The summed E-state index contributed by atoms with van der Waals surface area (Å²) in [6, 6.07) is 1.94. The van der Waals surface area contributed by atoms with Gasteiger partial charge in [-0.1, -0.05) is 0 Å². The summed E-state index contributed by atoms with van der Waals surface area (Å²) in [5.74, 6) is -2.00. The highest BCUT2D eigenvalue weighted by molar-refractivity contribution is 5.94. The number of nitrogens with zero attached hydrogens (tertiary/aromatic N) is 1. The van der Waals surface area contributed by atoms with Crippen LogP contribution in [0.4, 0.5) is 8.78 Å². The highest BCUT2D eigenvalue weighted by atomic mass is 19.1. The fraction of sp³-hybridized carbons (Fsp3) is 0.462. The molecular weight excluding hydrogens is 240 g/mol. The standard InChI is InChI=1S/C13H17F2NO2/c1-3-16(5-4-6-17)13(18)10-7-9(2)11(14)8-12(10)15/h7-8,17H,3-6H2,1-2H3. The van der Waals surface area contributed by atoms with E-state index in [4.69, 9.17) is 5.11 Å². The van der Waals surface area contributed by atoms with Gasteiger partial charge in [0.25, 0.3) is 5.91 Å². The summed E-state index contributed by atoms with van der Waals surface area (Å²) in [5, 5.41) is 8.74. The van der Waals surface area contributed by atoms with Crippen molar-refractivity contribution in [1.29, 1.82) is 0 Å². The number of benzene rings is 1. The van der Waals surface area contributed by atoms with Crippen LogP contribution < -0.4 is 0 Å². The Kier molecular flexibility index (Phi) is 5.22. The molecule has 1 amide bonds. The summed E-state index contributed by atoms with van der Waals surface area (Å²) in [4.78, 5) is 13.5. The molecule has 0 aliphatic heterocycles. The quantitative estimate of drug-likeness (QED) is 0.877. The Labute approximate surface area is 105 Å². The Hall–Kier alpha value is -1.49. The minimum absolute atomic E-state index is 0.0330. The lowest BCUT2D eigenvalue weighted by molar-refractivity contribution is 0.0749. The summed E-state index contributed by atoms with van der Waals surface area (Å²) >= 11 is 0. The van der Waals surface area contributed by atoms with Crippen molar-refractivity contribution in [1.82, 2.24) is 4.90 Å². The molecule has 0 bridgehead atoms. The number of rotatable bonds is 5. The average Bonchev–Trinajstić information content (AvgIpc) is 2.34. The molecule has 1 aromatic carbocycles. The number of hydrogen-bond donors (Lipinski definition) is 1. The summed E-state index contributed by atoms with van der Waals surface area (Å²) in [6.45, 7) is 3.98. The monoisotopic (exact) mass is 257 g/mol. The Morgan fingerprint density at radius 1 is 1.33 bits per heavy atom. The lowest BCUT2D eigenvalue weighted by atomic mass is 10.1. The molecule has 1 aromatic rings. The predicted octanol–water partition coefficient (Wildman–Crippen LogP) is 2.12. The molecule has 0 saturated heterocycles. The lowest BCUT2D eigenvalue weighted by Crippen LogP contribution is -2.33. The maximum absolute atomic E-state index is 13.6. The van der Waals surface area contributed by atoms with E-state index in [1.807, 2.05) is 0 Å². The molecule has 0 atom stereocenters. The maximum Gasteiger partial charge on any atom is 0.256 e. The number of halogens is 2. The molecule has 0 unspecified atom stereocenters. The van der Waals surface area contributed by atoms with Crippen LogP contribution in [-0.4, -0.2) is 35.6 Å². The molecule has 0 fully saturated rings. The Balaban J connectivity index is 2.98. The zero-order chi connectivity index (χ0) is 13.7. The SMILES string of the molecule is CCN(CCCO)C(=O)c1cc(C)c(F)cc1F. The Morgan fingerprint density at radius 3 is 2.56 bits per heavy atom. The van der Waals surface area contributed by atoms with Gasteiger partial charge in [0.2, 0.25) is 0 Å².